The normalized spacial score (nSPS) is 16.0. The van der Waals surface area contributed by atoms with Crippen molar-refractivity contribution in [3.05, 3.63) is 52.6 Å². The lowest BCUT2D eigenvalue weighted by Gasteiger charge is -2.31. The molecule has 0 bridgehead atoms. The van der Waals surface area contributed by atoms with Crippen LogP contribution in [0.5, 0.6) is 5.75 Å². The Morgan fingerprint density at radius 3 is 2.97 bits per heavy atom. The first kappa shape index (κ1) is 21.9. The summed E-state index contributed by atoms with van der Waals surface area (Å²) >= 11 is 0. The minimum atomic E-state index is -0.205. The summed E-state index contributed by atoms with van der Waals surface area (Å²) in [6.07, 6.45) is 5.37. The van der Waals surface area contributed by atoms with E-state index in [-0.39, 0.29) is 11.6 Å². The van der Waals surface area contributed by atoms with Crippen molar-refractivity contribution in [3.63, 3.8) is 0 Å². The van der Waals surface area contributed by atoms with Crippen molar-refractivity contribution in [2.75, 3.05) is 25.1 Å². The van der Waals surface area contributed by atoms with Crippen molar-refractivity contribution in [2.45, 2.75) is 38.9 Å². The molecule has 0 spiro atoms. The third-order valence-electron chi connectivity index (χ3n) is 6.25. The van der Waals surface area contributed by atoms with E-state index in [0.717, 1.165) is 41.8 Å². The molecule has 1 atom stereocenters. The Morgan fingerprint density at radius 1 is 1.29 bits per heavy atom. The molecule has 0 amide bonds. The number of hydrogen-bond acceptors (Lipinski definition) is 7. The van der Waals surface area contributed by atoms with Gasteiger partial charge in [0.1, 0.15) is 22.3 Å². The van der Waals surface area contributed by atoms with E-state index in [4.69, 9.17) is 15.5 Å². The zero-order valence-corrected chi connectivity index (χ0v) is 19.4. The Balaban J connectivity index is 1.61. The van der Waals surface area contributed by atoms with Gasteiger partial charge in [0.15, 0.2) is 0 Å². The molecule has 0 saturated carbocycles. The highest BCUT2D eigenvalue weighted by molar-refractivity contribution is 5.87. The monoisotopic (exact) mass is 457 g/mol. The third-order valence-corrected chi connectivity index (χ3v) is 6.25. The molecule has 0 unspecified atom stereocenters. The van der Waals surface area contributed by atoms with E-state index in [0.29, 0.717) is 36.4 Å². The Kier molecular flexibility index (Phi) is 5.90. The molecular formula is C25H27N7O2. The molecule has 174 valence electrons. The number of rotatable bonds is 5. The number of nitrogens with zero attached hydrogens (tertiary/aromatic N) is 6. The lowest BCUT2D eigenvalue weighted by Crippen LogP contribution is -2.44. The standard InChI is InChI=1S/C25H27N7O2/c1-3-4-13-31-23-20(29-25(31)30-12-6-7-18(26)16-30)14-28-32(24(23)33)15-17-9-10-21(34-2)22-19(17)8-5-11-27-22/h5,8-11,14,18H,6-7,12-13,15-16,26H2,1-2H3/t18-/m1/s1. The Bertz CT molecular complexity index is 1480. The summed E-state index contributed by atoms with van der Waals surface area (Å²) in [5.41, 5.74) is 8.76. The third kappa shape index (κ3) is 3.86. The fourth-order valence-electron chi connectivity index (χ4n) is 4.60. The van der Waals surface area contributed by atoms with Gasteiger partial charge in [0.25, 0.3) is 5.56 Å². The van der Waals surface area contributed by atoms with Crippen LogP contribution in [0, 0.1) is 11.8 Å². The van der Waals surface area contributed by atoms with Gasteiger partial charge in [-0.1, -0.05) is 18.1 Å². The first-order valence-corrected chi connectivity index (χ1v) is 11.4. The van der Waals surface area contributed by atoms with Crippen LogP contribution in [0.2, 0.25) is 0 Å². The molecule has 4 aromatic rings. The minimum absolute atomic E-state index is 0.0889. The van der Waals surface area contributed by atoms with Gasteiger partial charge in [-0.3, -0.25) is 14.3 Å². The molecular weight excluding hydrogens is 430 g/mol. The van der Waals surface area contributed by atoms with Gasteiger partial charge in [-0.2, -0.15) is 5.10 Å². The number of piperidine rings is 1. The van der Waals surface area contributed by atoms with Crippen LogP contribution < -0.4 is 20.9 Å². The maximum absolute atomic E-state index is 13.6. The summed E-state index contributed by atoms with van der Waals surface area (Å²) in [5.74, 6) is 7.44. The quantitative estimate of drug-likeness (QED) is 0.458. The molecule has 34 heavy (non-hydrogen) atoms. The number of nitrogens with two attached hydrogens (primary N) is 1. The van der Waals surface area contributed by atoms with E-state index in [1.165, 1.54) is 4.68 Å². The molecule has 9 nitrogen and oxygen atoms in total. The highest BCUT2D eigenvalue weighted by atomic mass is 16.5. The molecule has 1 saturated heterocycles. The van der Waals surface area contributed by atoms with Gasteiger partial charge in [0.05, 0.1) is 26.4 Å². The van der Waals surface area contributed by atoms with Crippen LogP contribution in [0.4, 0.5) is 5.95 Å². The summed E-state index contributed by atoms with van der Waals surface area (Å²) in [6, 6.07) is 7.75. The van der Waals surface area contributed by atoms with Crippen LogP contribution in [-0.4, -0.2) is 50.6 Å². The first-order chi connectivity index (χ1) is 16.6. The number of fused-ring (bicyclic) bond motifs is 2. The number of hydrogen-bond donors (Lipinski definition) is 1. The van der Waals surface area contributed by atoms with Crippen molar-refractivity contribution < 1.29 is 4.74 Å². The van der Waals surface area contributed by atoms with E-state index in [1.807, 2.05) is 28.8 Å². The van der Waals surface area contributed by atoms with Crippen molar-refractivity contribution in [1.82, 2.24) is 24.3 Å². The largest absolute Gasteiger partial charge is 0.494 e. The van der Waals surface area contributed by atoms with Crippen LogP contribution in [0.25, 0.3) is 21.9 Å². The Morgan fingerprint density at radius 2 is 2.18 bits per heavy atom. The predicted octanol–water partition coefficient (Wildman–Crippen LogP) is 2.15. The topological polar surface area (TPSA) is 104 Å². The zero-order chi connectivity index (χ0) is 23.7. The van der Waals surface area contributed by atoms with Gasteiger partial charge in [-0.05, 0) is 37.5 Å². The molecule has 1 aliphatic heterocycles. The van der Waals surface area contributed by atoms with Crippen LogP contribution in [0.3, 0.4) is 0 Å². The minimum Gasteiger partial charge on any atom is -0.494 e. The van der Waals surface area contributed by atoms with Gasteiger partial charge in [-0.25, -0.2) is 9.67 Å². The van der Waals surface area contributed by atoms with Crippen LogP contribution in [-0.2, 0) is 13.1 Å². The van der Waals surface area contributed by atoms with Crippen molar-refractivity contribution in [3.8, 4) is 17.6 Å². The average molecular weight is 458 g/mol. The van der Waals surface area contributed by atoms with E-state index >= 15 is 0 Å². The van der Waals surface area contributed by atoms with Crippen molar-refractivity contribution in [1.29, 1.82) is 0 Å². The number of ether oxygens (including phenoxy) is 1. The fraction of sp³-hybridized carbons (Fsp3) is 0.360. The van der Waals surface area contributed by atoms with Crippen LogP contribution in [0.15, 0.2) is 41.5 Å². The van der Waals surface area contributed by atoms with Gasteiger partial charge < -0.3 is 15.4 Å². The smallest absolute Gasteiger partial charge is 0.293 e. The molecule has 2 N–H and O–H groups in total. The fourth-order valence-corrected chi connectivity index (χ4v) is 4.60. The first-order valence-electron chi connectivity index (χ1n) is 11.4. The average Bonchev–Trinajstić information content (AvgIpc) is 3.24. The summed E-state index contributed by atoms with van der Waals surface area (Å²) in [6.45, 7) is 4.02. The lowest BCUT2D eigenvalue weighted by molar-refractivity contribution is 0.418. The number of pyridine rings is 1. The van der Waals surface area contributed by atoms with Gasteiger partial charge in [0.2, 0.25) is 5.95 Å². The molecule has 9 heteroatoms. The van der Waals surface area contributed by atoms with Crippen molar-refractivity contribution in [2.24, 2.45) is 5.73 Å². The maximum atomic E-state index is 13.6. The van der Waals surface area contributed by atoms with Crippen LogP contribution in [0.1, 0.15) is 25.3 Å². The highest BCUT2D eigenvalue weighted by Crippen LogP contribution is 2.27. The second-order valence-electron chi connectivity index (χ2n) is 8.44. The second-order valence-corrected chi connectivity index (χ2v) is 8.44. The highest BCUT2D eigenvalue weighted by Gasteiger charge is 2.24. The zero-order valence-electron chi connectivity index (χ0n) is 19.4. The van der Waals surface area contributed by atoms with E-state index in [9.17, 15) is 4.79 Å². The molecule has 1 aromatic carbocycles. The number of methoxy groups -OCH3 is 1. The maximum Gasteiger partial charge on any atom is 0.293 e. The molecule has 1 aliphatic rings. The van der Waals surface area contributed by atoms with E-state index in [2.05, 4.69) is 26.8 Å². The molecule has 1 fully saturated rings. The number of benzene rings is 1. The predicted molar refractivity (Wildman–Crippen MR) is 132 cm³/mol. The van der Waals surface area contributed by atoms with Crippen molar-refractivity contribution >= 4 is 27.9 Å². The number of anilines is 1. The summed E-state index contributed by atoms with van der Waals surface area (Å²) in [4.78, 5) is 25.0. The summed E-state index contributed by atoms with van der Waals surface area (Å²) < 4.78 is 8.82. The molecule has 3 aromatic heterocycles. The van der Waals surface area contributed by atoms with Crippen LogP contribution >= 0.6 is 0 Å². The molecule has 5 rings (SSSR count). The number of imidazole rings is 1. The van der Waals surface area contributed by atoms with E-state index in [1.54, 1.807) is 26.4 Å². The van der Waals surface area contributed by atoms with E-state index < -0.39 is 0 Å². The Hall–Kier alpha value is -3.90. The second kappa shape index (κ2) is 9.15. The molecule has 0 aliphatic carbocycles. The van der Waals surface area contributed by atoms with Gasteiger partial charge >= 0.3 is 0 Å². The van der Waals surface area contributed by atoms with Gasteiger partial charge in [0, 0.05) is 30.7 Å². The summed E-state index contributed by atoms with van der Waals surface area (Å²) in [5, 5.41) is 5.36. The molecule has 0 radical (unpaired) electrons. The summed E-state index contributed by atoms with van der Waals surface area (Å²) in [7, 11) is 1.62. The van der Waals surface area contributed by atoms with Gasteiger partial charge in [-0.15, -0.1) is 5.92 Å². The SMILES string of the molecule is CC#CCn1c(N2CCC[C@@H](N)C2)nc2cnn(Cc3ccc(OC)c4ncccc34)c(=O)c21. The molecule has 4 heterocycles. The Labute approximate surface area is 197 Å². The number of aromatic nitrogens is 5. The lowest BCUT2D eigenvalue weighted by atomic mass is 10.1.